The molecule has 0 saturated carbocycles. The molecule has 2 rings (SSSR count). The Hall–Kier alpha value is -2.49. The maximum absolute atomic E-state index is 13.6. The first kappa shape index (κ1) is 13.9. The number of hydrogen-bond donors (Lipinski definition) is 0. The molecule has 0 amide bonds. The van der Waals surface area contributed by atoms with Gasteiger partial charge in [-0.1, -0.05) is 24.3 Å². The minimum absolute atomic E-state index is 0.0536. The van der Waals surface area contributed by atoms with Crippen LogP contribution >= 0.6 is 0 Å². The lowest BCUT2D eigenvalue weighted by molar-refractivity contribution is 0.0595. The van der Waals surface area contributed by atoms with Gasteiger partial charge in [0, 0.05) is 5.56 Å². The highest BCUT2D eigenvalue weighted by atomic mass is 19.1. The fraction of sp³-hybridized carbons (Fsp3) is 0.125. The summed E-state index contributed by atoms with van der Waals surface area (Å²) in [5.41, 5.74) is 1.82. The van der Waals surface area contributed by atoms with E-state index in [0.29, 0.717) is 11.1 Å². The third-order valence-electron chi connectivity index (χ3n) is 2.97. The standard InChI is InChI=1S/C16H13FO3/c1-10(18)11-4-3-5-12(8-11)13-6-7-15(17)14(9-13)16(19)20-2/h3-9H,1-2H3. The van der Waals surface area contributed by atoms with Gasteiger partial charge >= 0.3 is 5.97 Å². The van der Waals surface area contributed by atoms with Crippen molar-refractivity contribution in [2.75, 3.05) is 7.11 Å². The number of carbonyl (C=O) groups excluding carboxylic acids is 2. The molecule has 102 valence electrons. The first-order valence-electron chi connectivity index (χ1n) is 6.02. The predicted molar refractivity (Wildman–Crippen MR) is 73.2 cm³/mol. The average Bonchev–Trinajstić information content (AvgIpc) is 2.47. The third-order valence-corrected chi connectivity index (χ3v) is 2.97. The topological polar surface area (TPSA) is 43.4 Å². The van der Waals surface area contributed by atoms with Crippen LogP contribution in [0.15, 0.2) is 42.5 Å². The van der Waals surface area contributed by atoms with Crippen molar-refractivity contribution in [1.29, 1.82) is 0 Å². The van der Waals surface area contributed by atoms with Crippen molar-refractivity contribution in [3.05, 3.63) is 59.4 Å². The number of methoxy groups -OCH3 is 1. The molecule has 0 atom stereocenters. The summed E-state index contributed by atoms with van der Waals surface area (Å²) < 4.78 is 18.1. The molecule has 4 heteroatoms. The first-order valence-corrected chi connectivity index (χ1v) is 6.02. The lowest BCUT2D eigenvalue weighted by Crippen LogP contribution is -2.04. The van der Waals surface area contributed by atoms with Crippen LogP contribution in [0.25, 0.3) is 11.1 Å². The summed E-state index contributed by atoms with van der Waals surface area (Å²) in [6.45, 7) is 1.48. The molecule has 0 radical (unpaired) electrons. The molecule has 0 saturated heterocycles. The highest BCUT2D eigenvalue weighted by Gasteiger charge is 2.13. The van der Waals surface area contributed by atoms with Gasteiger partial charge in [-0.25, -0.2) is 9.18 Å². The van der Waals surface area contributed by atoms with Crippen LogP contribution in [0.5, 0.6) is 0 Å². The van der Waals surface area contributed by atoms with Crippen LogP contribution in [0, 0.1) is 5.82 Å². The van der Waals surface area contributed by atoms with Crippen molar-refractivity contribution in [3.8, 4) is 11.1 Å². The quantitative estimate of drug-likeness (QED) is 0.634. The molecule has 0 aliphatic carbocycles. The van der Waals surface area contributed by atoms with Gasteiger partial charge in [0.05, 0.1) is 12.7 Å². The van der Waals surface area contributed by atoms with Crippen LogP contribution in [0.4, 0.5) is 4.39 Å². The molecular formula is C16H13FO3. The predicted octanol–water partition coefficient (Wildman–Crippen LogP) is 3.48. The van der Waals surface area contributed by atoms with Gasteiger partial charge in [0.25, 0.3) is 0 Å². The Balaban J connectivity index is 2.50. The second-order valence-electron chi connectivity index (χ2n) is 4.32. The minimum Gasteiger partial charge on any atom is -0.465 e. The summed E-state index contributed by atoms with van der Waals surface area (Å²) >= 11 is 0. The van der Waals surface area contributed by atoms with E-state index < -0.39 is 11.8 Å². The molecule has 2 aromatic rings. The monoisotopic (exact) mass is 272 g/mol. The lowest BCUT2D eigenvalue weighted by atomic mass is 10.00. The van der Waals surface area contributed by atoms with Gasteiger partial charge in [-0.05, 0) is 36.2 Å². The highest BCUT2D eigenvalue weighted by Crippen LogP contribution is 2.23. The Morgan fingerprint density at radius 2 is 1.75 bits per heavy atom. The number of ketones is 1. The van der Waals surface area contributed by atoms with E-state index in [2.05, 4.69) is 4.74 Å². The van der Waals surface area contributed by atoms with Gasteiger partial charge < -0.3 is 4.74 Å². The fourth-order valence-electron chi connectivity index (χ4n) is 1.89. The second kappa shape index (κ2) is 5.65. The molecule has 0 aliphatic rings. The van der Waals surface area contributed by atoms with Crippen LogP contribution < -0.4 is 0 Å². The Morgan fingerprint density at radius 3 is 2.40 bits per heavy atom. The number of carbonyl (C=O) groups is 2. The van der Waals surface area contributed by atoms with E-state index in [-0.39, 0.29) is 11.3 Å². The van der Waals surface area contributed by atoms with Gasteiger partial charge in [0.1, 0.15) is 5.82 Å². The SMILES string of the molecule is COC(=O)c1cc(-c2cccc(C(C)=O)c2)ccc1F. The number of rotatable bonds is 3. The zero-order valence-corrected chi connectivity index (χ0v) is 11.1. The molecule has 0 aromatic heterocycles. The van der Waals surface area contributed by atoms with Crippen LogP contribution in [-0.2, 0) is 4.74 Å². The molecule has 0 heterocycles. The normalized spacial score (nSPS) is 10.2. The minimum atomic E-state index is -0.730. The molecule has 0 unspecified atom stereocenters. The summed E-state index contributed by atoms with van der Waals surface area (Å²) in [7, 11) is 1.20. The zero-order valence-electron chi connectivity index (χ0n) is 11.1. The van der Waals surface area contributed by atoms with Crippen molar-refractivity contribution < 1.29 is 18.7 Å². The average molecular weight is 272 g/mol. The summed E-state index contributed by atoms with van der Waals surface area (Å²) in [5.74, 6) is -1.42. The Labute approximate surface area is 116 Å². The van der Waals surface area contributed by atoms with Crippen LogP contribution in [0.2, 0.25) is 0 Å². The molecular weight excluding hydrogens is 259 g/mol. The Bertz CT molecular complexity index is 677. The first-order chi connectivity index (χ1) is 9.52. The number of ether oxygens (including phenoxy) is 1. The molecule has 2 aromatic carbocycles. The van der Waals surface area contributed by atoms with E-state index in [4.69, 9.17) is 0 Å². The molecule has 3 nitrogen and oxygen atoms in total. The van der Waals surface area contributed by atoms with E-state index >= 15 is 0 Å². The molecule has 0 bridgehead atoms. The summed E-state index contributed by atoms with van der Waals surface area (Å²) in [6.07, 6.45) is 0. The summed E-state index contributed by atoms with van der Waals surface area (Å²) in [6, 6.07) is 11.1. The van der Waals surface area contributed by atoms with Crippen LogP contribution in [0.1, 0.15) is 27.6 Å². The fourth-order valence-corrected chi connectivity index (χ4v) is 1.89. The van der Waals surface area contributed by atoms with Gasteiger partial charge in [0.15, 0.2) is 5.78 Å². The van der Waals surface area contributed by atoms with Gasteiger partial charge in [-0.2, -0.15) is 0 Å². The molecule has 0 fully saturated rings. The number of Topliss-reactive ketones (excluding diaryl/α,β-unsaturated/α-hetero) is 1. The van der Waals surface area contributed by atoms with Crippen molar-refractivity contribution in [2.45, 2.75) is 6.92 Å². The smallest absolute Gasteiger partial charge is 0.340 e. The molecule has 0 N–H and O–H groups in total. The van der Waals surface area contributed by atoms with Gasteiger partial charge in [-0.15, -0.1) is 0 Å². The highest BCUT2D eigenvalue weighted by molar-refractivity contribution is 5.96. The van der Waals surface area contributed by atoms with E-state index in [1.54, 1.807) is 30.3 Å². The summed E-state index contributed by atoms with van der Waals surface area (Å²) in [5, 5.41) is 0. The molecule has 0 aliphatic heterocycles. The largest absolute Gasteiger partial charge is 0.465 e. The lowest BCUT2D eigenvalue weighted by Gasteiger charge is -2.07. The third kappa shape index (κ3) is 2.74. The number of halogens is 1. The van der Waals surface area contributed by atoms with Crippen molar-refractivity contribution in [3.63, 3.8) is 0 Å². The van der Waals surface area contributed by atoms with Crippen molar-refractivity contribution in [1.82, 2.24) is 0 Å². The van der Waals surface area contributed by atoms with Crippen molar-refractivity contribution >= 4 is 11.8 Å². The number of benzene rings is 2. The van der Waals surface area contributed by atoms with E-state index in [1.807, 2.05) is 0 Å². The number of hydrogen-bond acceptors (Lipinski definition) is 3. The maximum Gasteiger partial charge on any atom is 0.340 e. The maximum atomic E-state index is 13.6. The van der Waals surface area contributed by atoms with Gasteiger partial charge in [-0.3, -0.25) is 4.79 Å². The zero-order chi connectivity index (χ0) is 14.7. The van der Waals surface area contributed by atoms with E-state index in [0.717, 1.165) is 5.56 Å². The van der Waals surface area contributed by atoms with E-state index in [1.165, 1.54) is 26.2 Å². The van der Waals surface area contributed by atoms with Crippen LogP contribution in [0.3, 0.4) is 0 Å². The number of esters is 1. The molecule has 20 heavy (non-hydrogen) atoms. The Morgan fingerprint density at radius 1 is 1.05 bits per heavy atom. The summed E-state index contributed by atoms with van der Waals surface area (Å²) in [4.78, 5) is 22.8. The van der Waals surface area contributed by atoms with Crippen molar-refractivity contribution in [2.24, 2.45) is 0 Å². The Kier molecular flexibility index (Phi) is 3.94. The second-order valence-corrected chi connectivity index (χ2v) is 4.32. The van der Waals surface area contributed by atoms with E-state index in [9.17, 15) is 14.0 Å². The van der Waals surface area contributed by atoms with Crippen LogP contribution in [-0.4, -0.2) is 18.9 Å². The molecule has 0 spiro atoms. The van der Waals surface area contributed by atoms with Gasteiger partial charge in [0.2, 0.25) is 0 Å².